The Morgan fingerprint density at radius 3 is 1.52 bits per heavy atom. The summed E-state index contributed by atoms with van der Waals surface area (Å²) in [5.41, 5.74) is 0.142. The van der Waals surface area contributed by atoms with Gasteiger partial charge >= 0.3 is 12.4 Å². The lowest BCUT2D eigenvalue weighted by atomic mass is 9.90. The molecule has 0 aliphatic carbocycles. The van der Waals surface area contributed by atoms with Crippen LogP contribution in [0.1, 0.15) is 27.8 Å². The molecule has 0 amide bonds. The number of aryl methyl sites for hydroxylation is 2. The molecule has 0 atom stereocenters. The molecule has 0 saturated carbocycles. The topological polar surface area (TPSA) is 33.6 Å². The Labute approximate surface area is 281 Å². The van der Waals surface area contributed by atoms with Gasteiger partial charge in [-0.1, -0.05) is 72.8 Å². The lowest BCUT2D eigenvalue weighted by Gasteiger charge is -2.24. The number of nitriles is 1. The van der Waals surface area contributed by atoms with E-state index in [4.69, 9.17) is 0 Å². The summed E-state index contributed by atoms with van der Waals surface area (Å²) in [5.74, 6) is 0. The number of aromatic nitrogens is 2. The van der Waals surface area contributed by atoms with Gasteiger partial charge in [-0.05, 0) is 67.4 Å². The quantitative estimate of drug-likeness (QED) is 0.172. The highest BCUT2D eigenvalue weighted by atomic mass is 19.4. The summed E-state index contributed by atoms with van der Waals surface area (Å²) in [4.78, 5) is 0. The first-order valence-electron chi connectivity index (χ1n) is 15.7. The molecule has 0 bridgehead atoms. The molecule has 9 heteroatoms. The minimum atomic E-state index is -5.14. The first-order valence-corrected chi connectivity index (χ1v) is 15.7. The molecule has 0 N–H and O–H groups in total. The van der Waals surface area contributed by atoms with Crippen LogP contribution in [0.15, 0.2) is 115 Å². The first-order chi connectivity index (χ1) is 23.9. The molecular formula is C41H25F6N3. The van der Waals surface area contributed by atoms with E-state index in [9.17, 15) is 31.6 Å². The fourth-order valence-electron chi connectivity index (χ4n) is 7.29. The molecule has 0 spiro atoms. The van der Waals surface area contributed by atoms with Crippen molar-refractivity contribution in [3.05, 3.63) is 143 Å². The summed E-state index contributed by atoms with van der Waals surface area (Å²) < 4.78 is 92.1. The van der Waals surface area contributed by atoms with Gasteiger partial charge < -0.3 is 9.13 Å². The van der Waals surface area contributed by atoms with Crippen molar-refractivity contribution in [1.82, 2.24) is 9.13 Å². The SMILES string of the molecule is Cc1ccc2c3ccccc3n(-c3ccc(-c4c(C(F)(F)F)cccc4C(F)(F)F)c(-n4c5ccccc5c5ccc(C)cc54)c3C#N)c2c1. The Hall–Kier alpha value is -6.01. The summed E-state index contributed by atoms with van der Waals surface area (Å²) >= 11 is 0. The predicted octanol–water partition coefficient (Wildman–Crippen LogP) is 12.1. The van der Waals surface area contributed by atoms with Crippen LogP contribution in [0, 0.1) is 25.2 Å². The van der Waals surface area contributed by atoms with Crippen molar-refractivity contribution in [3.63, 3.8) is 0 Å². The highest BCUT2D eigenvalue weighted by Gasteiger charge is 2.42. The molecule has 8 aromatic rings. The van der Waals surface area contributed by atoms with E-state index in [1.807, 2.05) is 91.2 Å². The monoisotopic (exact) mass is 673 g/mol. The van der Waals surface area contributed by atoms with Crippen molar-refractivity contribution in [2.45, 2.75) is 26.2 Å². The minimum absolute atomic E-state index is 0.0809. The molecule has 0 aliphatic heterocycles. The molecular weight excluding hydrogens is 648 g/mol. The number of alkyl halides is 6. The van der Waals surface area contributed by atoms with Gasteiger partial charge in [0.25, 0.3) is 0 Å². The lowest BCUT2D eigenvalue weighted by molar-refractivity contribution is -0.142. The van der Waals surface area contributed by atoms with Gasteiger partial charge in [-0.25, -0.2) is 0 Å². The van der Waals surface area contributed by atoms with Gasteiger partial charge in [-0.3, -0.25) is 0 Å². The van der Waals surface area contributed by atoms with E-state index in [1.165, 1.54) is 12.1 Å². The zero-order valence-electron chi connectivity index (χ0n) is 26.6. The van der Waals surface area contributed by atoms with Gasteiger partial charge in [0, 0.05) is 32.7 Å². The smallest absolute Gasteiger partial charge is 0.308 e. The van der Waals surface area contributed by atoms with Crippen LogP contribution < -0.4 is 0 Å². The van der Waals surface area contributed by atoms with E-state index < -0.39 is 29.0 Å². The third-order valence-corrected chi connectivity index (χ3v) is 9.34. The maximum atomic E-state index is 14.8. The number of fused-ring (bicyclic) bond motifs is 6. The zero-order valence-corrected chi connectivity index (χ0v) is 26.6. The first kappa shape index (κ1) is 31.3. The van der Waals surface area contributed by atoms with Gasteiger partial charge in [-0.2, -0.15) is 31.6 Å². The summed E-state index contributed by atoms with van der Waals surface area (Å²) in [6.45, 7) is 3.78. The molecule has 50 heavy (non-hydrogen) atoms. The Bertz CT molecular complexity index is 2690. The van der Waals surface area contributed by atoms with Gasteiger partial charge in [0.1, 0.15) is 11.6 Å². The molecule has 0 saturated heterocycles. The molecule has 6 aromatic carbocycles. The van der Waals surface area contributed by atoms with Crippen molar-refractivity contribution in [2.75, 3.05) is 0 Å². The van der Waals surface area contributed by atoms with Crippen molar-refractivity contribution >= 4 is 43.6 Å². The second-order valence-corrected chi connectivity index (χ2v) is 12.4. The minimum Gasteiger partial charge on any atom is -0.308 e. The van der Waals surface area contributed by atoms with Crippen LogP contribution in [0.3, 0.4) is 0 Å². The second kappa shape index (κ2) is 11.0. The third-order valence-electron chi connectivity index (χ3n) is 9.34. The molecule has 2 heterocycles. The zero-order chi connectivity index (χ0) is 35.1. The van der Waals surface area contributed by atoms with Gasteiger partial charge in [-0.15, -0.1) is 0 Å². The lowest BCUT2D eigenvalue weighted by Crippen LogP contribution is -2.16. The summed E-state index contributed by atoms with van der Waals surface area (Å²) in [6, 6.07) is 33.3. The van der Waals surface area contributed by atoms with E-state index >= 15 is 0 Å². The van der Waals surface area contributed by atoms with E-state index in [1.54, 1.807) is 16.7 Å². The molecule has 8 rings (SSSR count). The number of rotatable bonds is 3. The maximum Gasteiger partial charge on any atom is 0.417 e. The third kappa shape index (κ3) is 4.66. The van der Waals surface area contributed by atoms with Gasteiger partial charge in [0.2, 0.25) is 0 Å². The van der Waals surface area contributed by atoms with E-state index in [0.29, 0.717) is 28.9 Å². The van der Waals surface area contributed by atoms with Crippen LogP contribution in [0.4, 0.5) is 26.3 Å². The van der Waals surface area contributed by atoms with Crippen LogP contribution in [-0.2, 0) is 12.4 Å². The number of nitrogens with zero attached hydrogens (tertiary/aromatic N) is 3. The van der Waals surface area contributed by atoms with E-state index in [-0.39, 0.29) is 16.8 Å². The van der Waals surface area contributed by atoms with Crippen LogP contribution in [0.25, 0.3) is 66.1 Å². The van der Waals surface area contributed by atoms with Crippen molar-refractivity contribution in [2.24, 2.45) is 0 Å². The fraction of sp³-hybridized carbons (Fsp3) is 0.0976. The number of para-hydroxylation sites is 2. The standard InChI is InChI=1S/C41H25F6N3/c1-23-14-16-27-25-8-3-5-12-33(25)49(36(27)20-23)35-19-18-29(38-31(40(42,43)44)10-7-11-32(38)41(45,46)47)39(30(35)22-48)50-34-13-6-4-9-26(34)28-17-15-24(2)21-37(28)50/h3-21H,1-2H3. The number of halogens is 6. The number of hydrogen-bond acceptors (Lipinski definition) is 1. The normalized spacial score (nSPS) is 12.4. The van der Waals surface area contributed by atoms with E-state index in [2.05, 4.69) is 6.07 Å². The average molecular weight is 674 g/mol. The van der Waals surface area contributed by atoms with Crippen molar-refractivity contribution in [1.29, 1.82) is 5.26 Å². The van der Waals surface area contributed by atoms with Crippen molar-refractivity contribution < 1.29 is 26.3 Å². The predicted molar refractivity (Wildman–Crippen MR) is 185 cm³/mol. The number of benzene rings is 6. The molecule has 0 radical (unpaired) electrons. The van der Waals surface area contributed by atoms with E-state index in [0.717, 1.165) is 49.8 Å². The number of hydrogen-bond donors (Lipinski definition) is 0. The van der Waals surface area contributed by atoms with Gasteiger partial charge in [0.15, 0.2) is 0 Å². The van der Waals surface area contributed by atoms with Gasteiger partial charge in [0.05, 0.1) is 44.6 Å². The molecule has 0 fully saturated rings. The molecule has 2 aromatic heterocycles. The van der Waals surface area contributed by atoms with Crippen LogP contribution >= 0.6 is 0 Å². The Morgan fingerprint density at radius 1 is 0.520 bits per heavy atom. The summed E-state index contributed by atoms with van der Waals surface area (Å²) in [7, 11) is 0. The molecule has 0 unspecified atom stereocenters. The Morgan fingerprint density at radius 2 is 1.00 bits per heavy atom. The van der Waals surface area contributed by atoms with Crippen molar-refractivity contribution in [3.8, 4) is 28.6 Å². The highest BCUT2D eigenvalue weighted by molar-refractivity contribution is 6.12. The van der Waals surface area contributed by atoms with Crippen LogP contribution in [-0.4, -0.2) is 9.13 Å². The molecule has 3 nitrogen and oxygen atoms in total. The molecule has 246 valence electrons. The highest BCUT2D eigenvalue weighted by Crippen LogP contribution is 2.49. The van der Waals surface area contributed by atoms with Crippen LogP contribution in [0.2, 0.25) is 0 Å². The largest absolute Gasteiger partial charge is 0.417 e. The Balaban J connectivity index is 1.63. The Kier molecular flexibility index (Phi) is 6.88. The fourth-order valence-corrected chi connectivity index (χ4v) is 7.29. The summed E-state index contributed by atoms with van der Waals surface area (Å²) in [6.07, 6.45) is -10.3. The van der Waals surface area contributed by atoms with Crippen LogP contribution in [0.5, 0.6) is 0 Å². The second-order valence-electron chi connectivity index (χ2n) is 12.4. The molecule has 0 aliphatic rings. The summed E-state index contributed by atoms with van der Waals surface area (Å²) in [5, 5.41) is 14.3. The average Bonchev–Trinajstić information content (AvgIpc) is 3.58. The maximum absolute atomic E-state index is 14.8.